The number of rotatable bonds is 7. The molecule has 0 aliphatic heterocycles. The van der Waals surface area contributed by atoms with Crippen LogP contribution in [0.1, 0.15) is 34.0 Å². The van der Waals surface area contributed by atoms with Crippen LogP contribution in [0.25, 0.3) is 0 Å². The van der Waals surface area contributed by atoms with Gasteiger partial charge in [0.15, 0.2) is 5.96 Å². The standard InChI is InChI=1S/C22H30N4O2/c1-6-28-20-13-16(2)7-10-19(20)15-25-22(23-3)24-14-17-8-11-18(12-9-17)21(27)26(4)5/h7-13H,6,14-15H2,1-5H3,(H2,23,24,25). The minimum Gasteiger partial charge on any atom is -0.494 e. The Bertz CT molecular complexity index is 814. The molecular weight excluding hydrogens is 352 g/mol. The first-order chi connectivity index (χ1) is 13.4. The summed E-state index contributed by atoms with van der Waals surface area (Å²) in [6.45, 7) is 5.90. The number of aryl methyl sites for hydroxylation is 1. The van der Waals surface area contributed by atoms with Crippen molar-refractivity contribution in [3.8, 4) is 5.75 Å². The number of nitrogens with one attached hydrogen (secondary N) is 2. The molecule has 0 fully saturated rings. The summed E-state index contributed by atoms with van der Waals surface area (Å²) in [6, 6.07) is 13.8. The summed E-state index contributed by atoms with van der Waals surface area (Å²) in [5.41, 5.74) is 4.01. The molecule has 0 spiro atoms. The lowest BCUT2D eigenvalue weighted by molar-refractivity contribution is 0.0827. The fourth-order valence-corrected chi connectivity index (χ4v) is 2.71. The van der Waals surface area contributed by atoms with Crippen LogP contribution in [0, 0.1) is 6.92 Å². The number of nitrogens with zero attached hydrogens (tertiary/aromatic N) is 2. The molecule has 0 saturated heterocycles. The average molecular weight is 383 g/mol. The quantitative estimate of drug-likeness (QED) is 0.571. The van der Waals surface area contributed by atoms with E-state index in [4.69, 9.17) is 4.74 Å². The third-order valence-electron chi connectivity index (χ3n) is 4.26. The van der Waals surface area contributed by atoms with Gasteiger partial charge in [-0.1, -0.05) is 24.3 Å². The van der Waals surface area contributed by atoms with E-state index in [1.54, 1.807) is 26.0 Å². The Labute approximate surface area is 167 Å². The monoisotopic (exact) mass is 382 g/mol. The average Bonchev–Trinajstić information content (AvgIpc) is 2.69. The van der Waals surface area contributed by atoms with Crippen molar-refractivity contribution in [2.45, 2.75) is 26.9 Å². The zero-order valence-electron chi connectivity index (χ0n) is 17.4. The second kappa shape index (κ2) is 10.3. The van der Waals surface area contributed by atoms with Crippen molar-refractivity contribution in [2.75, 3.05) is 27.7 Å². The van der Waals surface area contributed by atoms with Gasteiger partial charge in [0, 0.05) is 45.4 Å². The molecule has 0 saturated carbocycles. The Morgan fingerprint density at radius 3 is 2.36 bits per heavy atom. The second-order valence-corrected chi connectivity index (χ2v) is 6.72. The van der Waals surface area contributed by atoms with Crippen molar-refractivity contribution in [2.24, 2.45) is 4.99 Å². The highest BCUT2D eigenvalue weighted by molar-refractivity contribution is 5.93. The van der Waals surface area contributed by atoms with Crippen LogP contribution in [-0.4, -0.2) is 44.5 Å². The Balaban J connectivity index is 1.92. The molecule has 0 aliphatic rings. The molecule has 2 N–H and O–H groups in total. The zero-order valence-corrected chi connectivity index (χ0v) is 17.4. The molecule has 0 atom stereocenters. The van der Waals surface area contributed by atoms with Crippen LogP contribution in [0.5, 0.6) is 5.75 Å². The van der Waals surface area contributed by atoms with Crippen LogP contribution >= 0.6 is 0 Å². The molecule has 2 aromatic carbocycles. The van der Waals surface area contributed by atoms with Crippen molar-refractivity contribution in [3.63, 3.8) is 0 Å². The summed E-state index contributed by atoms with van der Waals surface area (Å²) >= 11 is 0. The molecule has 0 aromatic heterocycles. The fraction of sp³-hybridized carbons (Fsp3) is 0.364. The molecule has 6 nitrogen and oxygen atoms in total. The Hall–Kier alpha value is -3.02. The number of ether oxygens (including phenoxy) is 1. The van der Waals surface area contributed by atoms with Gasteiger partial charge in [0.05, 0.1) is 6.61 Å². The van der Waals surface area contributed by atoms with E-state index < -0.39 is 0 Å². The molecule has 150 valence electrons. The van der Waals surface area contributed by atoms with Gasteiger partial charge < -0.3 is 20.3 Å². The highest BCUT2D eigenvalue weighted by atomic mass is 16.5. The SMILES string of the molecule is CCOc1cc(C)ccc1CNC(=NC)NCc1ccc(C(=O)N(C)C)cc1. The maximum Gasteiger partial charge on any atom is 0.253 e. The summed E-state index contributed by atoms with van der Waals surface area (Å²) in [5, 5.41) is 6.61. The van der Waals surface area contributed by atoms with E-state index in [9.17, 15) is 4.79 Å². The summed E-state index contributed by atoms with van der Waals surface area (Å²) in [5.74, 6) is 1.60. The second-order valence-electron chi connectivity index (χ2n) is 6.72. The summed E-state index contributed by atoms with van der Waals surface area (Å²) in [6.07, 6.45) is 0. The van der Waals surface area contributed by atoms with E-state index in [1.807, 2.05) is 37.3 Å². The number of hydrogen-bond acceptors (Lipinski definition) is 3. The highest BCUT2D eigenvalue weighted by Crippen LogP contribution is 2.20. The van der Waals surface area contributed by atoms with E-state index in [-0.39, 0.29) is 5.91 Å². The van der Waals surface area contributed by atoms with Crippen molar-refractivity contribution >= 4 is 11.9 Å². The molecule has 0 aliphatic carbocycles. The van der Waals surface area contributed by atoms with Crippen LogP contribution in [0.15, 0.2) is 47.5 Å². The van der Waals surface area contributed by atoms with Crippen LogP contribution in [0.2, 0.25) is 0 Å². The van der Waals surface area contributed by atoms with Crippen molar-refractivity contribution in [3.05, 3.63) is 64.7 Å². The van der Waals surface area contributed by atoms with E-state index >= 15 is 0 Å². The topological polar surface area (TPSA) is 66.0 Å². The minimum atomic E-state index is 0.000172. The van der Waals surface area contributed by atoms with E-state index in [1.165, 1.54) is 5.56 Å². The number of aliphatic imine (C=N–C) groups is 1. The number of carbonyl (C=O) groups excluding carboxylic acids is 1. The van der Waals surface area contributed by atoms with Gasteiger partial charge >= 0.3 is 0 Å². The number of benzene rings is 2. The molecule has 2 aromatic rings. The van der Waals surface area contributed by atoms with Crippen LogP contribution in [0.3, 0.4) is 0 Å². The summed E-state index contributed by atoms with van der Waals surface area (Å²) in [7, 11) is 5.24. The van der Waals surface area contributed by atoms with Crippen LogP contribution in [-0.2, 0) is 13.1 Å². The first-order valence-electron chi connectivity index (χ1n) is 9.42. The lowest BCUT2D eigenvalue weighted by atomic mass is 10.1. The Morgan fingerprint density at radius 2 is 1.75 bits per heavy atom. The number of carbonyl (C=O) groups is 1. The predicted octanol–water partition coefficient (Wildman–Crippen LogP) is 2.96. The van der Waals surface area contributed by atoms with Gasteiger partial charge in [0.1, 0.15) is 5.75 Å². The van der Waals surface area contributed by atoms with Gasteiger partial charge in [-0.2, -0.15) is 0 Å². The molecule has 2 rings (SSSR count). The van der Waals surface area contributed by atoms with Crippen LogP contribution in [0.4, 0.5) is 0 Å². The molecule has 0 bridgehead atoms. The molecule has 1 amide bonds. The predicted molar refractivity (Wildman–Crippen MR) is 114 cm³/mol. The zero-order chi connectivity index (χ0) is 20.5. The fourth-order valence-electron chi connectivity index (χ4n) is 2.71. The molecule has 0 radical (unpaired) electrons. The third-order valence-corrected chi connectivity index (χ3v) is 4.26. The van der Waals surface area contributed by atoms with E-state index in [2.05, 4.69) is 34.7 Å². The molecule has 28 heavy (non-hydrogen) atoms. The lowest BCUT2D eigenvalue weighted by Gasteiger charge is -2.15. The molecule has 6 heteroatoms. The third kappa shape index (κ3) is 6.01. The van der Waals surface area contributed by atoms with Crippen molar-refractivity contribution in [1.82, 2.24) is 15.5 Å². The maximum absolute atomic E-state index is 12.0. The first kappa shape index (κ1) is 21.3. The van der Waals surface area contributed by atoms with Crippen molar-refractivity contribution in [1.29, 1.82) is 0 Å². The Morgan fingerprint density at radius 1 is 1.07 bits per heavy atom. The van der Waals surface area contributed by atoms with Gasteiger partial charge in [0.25, 0.3) is 5.91 Å². The lowest BCUT2D eigenvalue weighted by Crippen LogP contribution is -2.36. The van der Waals surface area contributed by atoms with Gasteiger partial charge in [-0.05, 0) is 43.2 Å². The first-order valence-corrected chi connectivity index (χ1v) is 9.42. The van der Waals surface area contributed by atoms with Gasteiger partial charge in [-0.3, -0.25) is 9.79 Å². The van der Waals surface area contributed by atoms with E-state index in [0.717, 1.165) is 16.9 Å². The highest BCUT2D eigenvalue weighted by Gasteiger charge is 2.08. The van der Waals surface area contributed by atoms with Gasteiger partial charge in [-0.15, -0.1) is 0 Å². The van der Waals surface area contributed by atoms with Crippen molar-refractivity contribution < 1.29 is 9.53 Å². The Kier molecular flexibility index (Phi) is 7.87. The smallest absolute Gasteiger partial charge is 0.253 e. The largest absolute Gasteiger partial charge is 0.494 e. The number of amides is 1. The minimum absolute atomic E-state index is 0.000172. The maximum atomic E-state index is 12.0. The van der Waals surface area contributed by atoms with Gasteiger partial charge in [0.2, 0.25) is 0 Å². The summed E-state index contributed by atoms with van der Waals surface area (Å²) in [4.78, 5) is 17.8. The molecule has 0 unspecified atom stereocenters. The number of guanidine groups is 1. The van der Waals surface area contributed by atoms with E-state index in [0.29, 0.717) is 31.2 Å². The van der Waals surface area contributed by atoms with Crippen LogP contribution < -0.4 is 15.4 Å². The van der Waals surface area contributed by atoms with Gasteiger partial charge in [-0.25, -0.2) is 0 Å². The number of hydrogen-bond donors (Lipinski definition) is 2. The normalized spacial score (nSPS) is 11.1. The summed E-state index contributed by atoms with van der Waals surface area (Å²) < 4.78 is 5.73. The molecular formula is C22H30N4O2. The molecule has 0 heterocycles.